The number of hydrogen-bond acceptors (Lipinski definition) is 2. The average Bonchev–Trinajstić information content (AvgIpc) is 3.36. The quantitative estimate of drug-likeness (QED) is 0.296. The van der Waals surface area contributed by atoms with E-state index >= 15 is 0 Å². The molecule has 1 saturated heterocycles. The summed E-state index contributed by atoms with van der Waals surface area (Å²) in [4.78, 5) is 0. The van der Waals surface area contributed by atoms with Crippen molar-refractivity contribution in [2.75, 3.05) is 13.2 Å². The van der Waals surface area contributed by atoms with Crippen LogP contribution in [-0.2, 0) is 11.2 Å². The van der Waals surface area contributed by atoms with Crippen LogP contribution in [0.5, 0.6) is 5.75 Å². The summed E-state index contributed by atoms with van der Waals surface area (Å²) in [6.45, 7) is 3.79. The smallest absolute Gasteiger partial charge is 0.122 e. The van der Waals surface area contributed by atoms with Crippen molar-refractivity contribution < 1.29 is 9.47 Å². The van der Waals surface area contributed by atoms with Crippen LogP contribution in [0.15, 0.2) is 36.4 Å². The second-order valence-electron chi connectivity index (χ2n) is 6.09. The van der Waals surface area contributed by atoms with Crippen LogP contribution in [0.25, 0.3) is 0 Å². The normalized spacial score (nSPS) is 17.0. The Morgan fingerprint density at radius 3 is 2.64 bits per heavy atom. The van der Waals surface area contributed by atoms with E-state index in [1.165, 1.54) is 50.5 Å². The van der Waals surface area contributed by atoms with Gasteiger partial charge in [-0.15, -0.1) is 0 Å². The third-order valence-corrected chi connectivity index (χ3v) is 4.01. The molecule has 0 saturated carbocycles. The monoisotopic (exact) mass is 302 g/mol. The third kappa shape index (κ3) is 7.13. The minimum Gasteiger partial charge on any atom is -0.491 e. The first-order valence-corrected chi connectivity index (χ1v) is 8.87. The lowest BCUT2D eigenvalue weighted by Crippen LogP contribution is -2.05. The van der Waals surface area contributed by atoms with Gasteiger partial charge in [-0.05, 0) is 43.7 Å². The maximum absolute atomic E-state index is 5.86. The van der Waals surface area contributed by atoms with Gasteiger partial charge in [0.15, 0.2) is 0 Å². The van der Waals surface area contributed by atoms with Gasteiger partial charge in [0.05, 0.1) is 6.61 Å². The van der Waals surface area contributed by atoms with E-state index in [9.17, 15) is 0 Å². The molecule has 122 valence electrons. The number of unbranched alkanes of at least 4 members (excludes halogenated alkanes) is 5. The van der Waals surface area contributed by atoms with E-state index in [4.69, 9.17) is 9.47 Å². The van der Waals surface area contributed by atoms with Gasteiger partial charge in [-0.25, -0.2) is 0 Å². The molecule has 1 aliphatic rings. The Kier molecular flexibility index (Phi) is 8.11. The molecule has 22 heavy (non-hydrogen) atoms. The summed E-state index contributed by atoms with van der Waals surface area (Å²) < 4.78 is 11.1. The van der Waals surface area contributed by atoms with Gasteiger partial charge in [0.25, 0.3) is 0 Å². The molecule has 1 aromatic carbocycles. The zero-order valence-electron chi connectivity index (χ0n) is 13.9. The number of benzene rings is 1. The lowest BCUT2D eigenvalue weighted by molar-refractivity contribution is 0.261. The zero-order chi connectivity index (χ0) is 15.5. The van der Waals surface area contributed by atoms with Crippen molar-refractivity contribution >= 4 is 0 Å². The molecule has 0 bridgehead atoms. The molecule has 1 atom stereocenters. The molecule has 0 radical (unpaired) electrons. The summed E-state index contributed by atoms with van der Waals surface area (Å²) in [5, 5.41) is 0. The number of ether oxygens (including phenoxy) is 2. The van der Waals surface area contributed by atoms with Gasteiger partial charge in [0.2, 0.25) is 0 Å². The minimum absolute atomic E-state index is 0.326. The summed E-state index contributed by atoms with van der Waals surface area (Å²) >= 11 is 0. The molecule has 1 aromatic rings. The Balaban J connectivity index is 1.58. The molecule has 1 aliphatic heterocycles. The molecule has 0 aliphatic carbocycles. The Hall–Kier alpha value is -1.28. The van der Waals surface area contributed by atoms with Crippen molar-refractivity contribution in [3.63, 3.8) is 0 Å². The molecule has 1 unspecified atom stereocenters. The summed E-state index contributed by atoms with van der Waals surface area (Å²) in [5.74, 6) is 1.04. The van der Waals surface area contributed by atoms with Crippen LogP contribution in [-0.4, -0.2) is 19.3 Å². The van der Waals surface area contributed by atoms with Crippen molar-refractivity contribution in [1.29, 1.82) is 0 Å². The lowest BCUT2D eigenvalue weighted by atomic mass is 10.0. The van der Waals surface area contributed by atoms with E-state index in [1.54, 1.807) is 0 Å². The maximum atomic E-state index is 5.86. The van der Waals surface area contributed by atoms with E-state index in [-0.39, 0.29) is 0 Å². The molecular formula is C20H30O2. The number of para-hydroxylation sites is 1. The predicted molar refractivity (Wildman–Crippen MR) is 92.5 cm³/mol. The van der Waals surface area contributed by atoms with Gasteiger partial charge in [-0.3, -0.25) is 0 Å². The van der Waals surface area contributed by atoms with E-state index in [1.807, 2.05) is 6.07 Å². The fraction of sp³-hybridized carbons (Fsp3) is 0.600. The van der Waals surface area contributed by atoms with Crippen LogP contribution in [0.3, 0.4) is 0 Å². The number of allylic oxidation sites excluding steroid dienone is 2. The van der Waals surface area contributed by atoms with E-state index in [0.29, 0.717) is 12.7 Å². The second-order valence-corrected chi connectivity index (χ2v) is 6.09. The summed E-state index contributed by atoms with van der Waals surface area (Å²) in [5.41, 5.74) is 1.33. The molecule has 1 heterocycles. The Morgan fingerprint density at radius 2 is 1.86 bits per heavy atom. The molecular weight excluding hydrogens is 272 g/mol. The highest BCUT2D eigenvalue weighted by molar-refractivity contribution is 5.33. The molecule has 1 fully saturated rings. The highest BCUT2D eigenvalue weighted by atomic mass is 16.6. The highest BCUT2D eigenvalue weighted by Crippen LogP contribution is 2.22. The van der Waals surface area contributed by atoms with Crippen molar-refractivity contribution in [2.24, 2.45) is 0 Å². The third-order valence-electron chi connectivity index (χ3n) is 4.01. The minimum atomic E-state index is 0.326. The first kappa shape index (κ1) is 17.1. The van der Waals surface area contributed by atoms with E-state index in [0.717, 1.165) is 18.8 Å². The van der Waals surface area contributed by atoms with Gasteiger partial charge >= 0.3 is 0 Å². The Bertz CT molecular complexity index is 435. The van der Waals surface area contributed by atoms with Crippen LogP contribution in [0.2, 0.25) is 0 Å². The predicted octanol–water partition coefficient (Wildman–Crippen LogP) is 5.31. The van der Waals surface area contributed by atoms with Gasteiger partial charge in [0, 0.05) is 0 Å². The second kappa shape index (κ2) is 10.4. The SMILES string of the molecule is CCCC/C=C/CCCCCc1ccccc1OCC1CO1. The molecule has 0 spiro atoms. The van der Waals surface area contributed by atoms with Gasteiger partial charge in [-0.1, -0.05) is 56.5 Å². The average molecular weight is 302 g/mol. The number of rotatable bonds is 12. The van der Waals surface area contributed by atoms with Crippen LogP contribution < -0.4 is 4.74 Å². The topological polar surface area (TPSA) is 21.8 Å². The lowest BCUT2D eigenvalue weighted by Gasteiger charge is -2.10. The summed E-state index contributed by atoms with van der Waals surface area (Å²) in [7, 11) is 0. The summed E-state index contributed by atoms with van der Waals surface area (Å²) in [6.07, 6.45) is 15.0. The molecule has 0 N–H and O–H groups in total. The molecule has 2 heteroatoms. The van der Waals surface area contributed by atoms with Crippen LogP contribution >= 0.6 is 0 Å². The van der Waals surface area contributed by atoms with Crippen LogP contribution in [0, 0.1) is 0 Å². The van der Waals surface area contributed by atoms with E-state index < -0.39 is 0 Å². The van der Waals surface area contributed by atoms with Gasteiger partial charge in [0.1, 0.15) is 18.5 Å². The molecule has 2 rings (SSSR count). The largest absolute Gasteiger partial charge is 0.491 e. The summed E-state index contributed by atoms with van der Waals surface area (Å²) in [6, 6.07) is 8.42. The fourth-order valence-electron chi connectivity index (χ4n) is 2.51. The first-order chi connectivity index (χ1) is 10.9. The maximum Gasteiger partial charge on any atom is 0.122 e. The number of epoxide rings is 1. The van der Waals surface area contributed by atoms with Gasteiger partial charge < -0.3 is 9.47 Å². The van der Waals surface area contributed by atoms with Crippen molar-refractivity contribution in [2.45, 2.75) is 64.4 Å². The molecule has 2 nitrogen and oxygen atoms in total. The molecule has 0 aromatic heterocycles. The first-order valence-electron chi connectivity index (χ1n) is 8.87. The fourth-order valence-corrected chi connectivity index (χ4v) is 2.51. The standard InChI is InChI=1S/C20H30O2/c1-2-3-4-5-6-7-8-9-10-13-18-14-11-12-15-20(18)22-17-19-16-21-19/h5-6,11-12,14-15,19H,2-4,7-10,13,16-17H2,1H3/b6-5+. The van der Waals surface area contributed by atoms with Crippen molar-refractivity contribution in [1.82, 2.24) is 0 Å². The van der Waals surface area contributed by atoms with Crippen LogP contribution in [0.4, 0.5) is 0 Å². The molecule has 0 amide bonds. The number of hydrogen-bond donors (Lipinski definition) is 0. The Labute approximate surface area is 135 Å². The van der Waals surface area contributed by atoms with Crippen molar-refractivity contribution in [3.8, 4) is 5.75 Å². The van der Waals surface area contributed by atoms with Crippen molar-refractivity contribution in [3.05, 3.63) is 42.0 Å². The van der Waals surface area contributed by atoms with Crippen LogP contribution in [0.1, 0.15) is 57.4 Å². The highest BCUT2D eigenvalue weighted by Gasteiger charge is 2.23. The van der Waals surface area contributed by atoms with E-state index in [2.05, 4.69) is 37.3 Å². The zero-order valence-corrected chi connectivity index (χ0v) is 13.9. The number of aryl methyl sites for hydroxylation is 1. The van der Waals surface area contributed by atoms with Gasteiger partial charge in [-0.2, -0.15) is 0 Å². The Morgan fingerprint density at radius 1 is 1.09 bits per heavy atom.